The van der Waals surface area contributed by atoms with Crippen LogP contribution >= 0.6 is 15.9 Å². The average molecular weight is 292 g/mol. The van der Waals surface area contributed by atoms with Crippen LogP contribution in [0.4, 0.5) is 0 Å². The second-order valence-electron chi connectivity index (χ2n) is 5.38. The van der Waals surface area contributed by atoms with Crippen LogP contribution in [0.2, 0.25) is 0 Å². The molecular weight excluding hydrogens is 266 g/mol. The SMILES string of the molecule is CCCCN(CCBr)CC1CCC(C)(C)O1. The van der Waals surface area contributed by atoms with E-state index < -0.39 is 0 Å². The molecule has 0 saturated carbocycles. The lowest BCUT2D eigenvalue weighted by Gasteiger charge is -2.26. The van der Waals surface area contributed by atoms with Crippen molar-refractivity contribution in [3.63, 3.8) is 0 Å². The van der Waals surface area contributed by atoms with Gasteiger partial charge in [0.15, 0.2) is 0 Å². The second kappa shape index (κ2) is 6.97. The number of nitrogens with zero attached hydrogens (tertiary/aromatic N) is 1. The summed E-state index contributed by atoms with van der Waals surface area (Å²) in [6.07, 6.45) is 5.44. The number of hydrogen-bond donors (Lipinski definition) is 0. The van der Waals surface area contributed by atoms with E-state index in [1.165, 1.54) is 32.2 Å². The molecule has 1 heterocycles. The third-order valence-corrected chi connectivity index (χ3v) is 3.60. The summed E-state index contributed by atoms with van der Waals surface area (Å²) >= 11 is 3.53. The highest BCUT2D eigenvalue weighted by Crippen LogP contribution is 2.29. The predicted octanol–water partition coefficient (Wildman–Crippen LogP) is 3.44. The molecule has 1 atom stereocenters. The predicted molar refractivity (Wildman–Crippen MR) is 73.3 cm³/mol. The van der Waals surface area contributed by atoms with Gasteiger partial charge in [-0.2, -0.15) is 0 Å². The molecule has 1 aliphatic heterocycles. The molecule has 3 heteroatoms. The minimum atomic E-state index is 0.107. The van der Waals surface area contributed by atoms with Crippen LogP contribution in [0.15, 0.2) is 0 Å². The van der Waals surface area contributed by atoms with Crippen LogP contribution in [0.25, 0.3) is 0 Å². The molecule has 0 aliphatic carbocycles. The first-order valence-corrected chi connectivity index (χ1v) is 7.65. The smallest absolute Gasteiger partial charge is 0.0710 e. The Hall–Kier alpha value is 0.400. The monoisotopic (exact) mass is 291 g/mol. The van der Waals surface area contributed by atoms with Crippen LogP contribution in [0, 0.1) is 0 Å². The zero-order valence-corrected chi connectivity index (χ0v) is 12.6. The van der Waals surface area contributed by atoms with Crippen molar-refractivity contribution in [3.05, 3.63) is 0 Å². The lowest BCUT2D eigenvalue weighted by molar-refractivity contribution is -0.0280. The number of halogens is 1. The van der Waals surface area contributed by atoms with Crippen LogP contribution in [0.1, 0.15) is 46.5 Å². The number of unbranched alkanes of at least 4 members (excludes halogenated alkanes) is 1. The molecule has 96 valence electrons. The van der Waals surface area contributed by atoms with Crippen LogP contribution in [-0.4, -0.2) is 41.6 Å². The minimum Gasteiger partial charge on any atom is -0.371 e. The first kappa shape index (κ1) is 14.5. The van der Waals surface area contributed by atoms with Gasteiger partial charge in [-0.25, -0.2) is 0 Å². The van der Waals surface area contributed by atoms with E-state index in [-0.39, 0.29) is 5.60 Å². The Bertz CT molecular complexity index is 196. The largest absolute Gasteiger partial charge is 0.371 e. The van der Waals surface area contributed by atoms with Crippen molar-refractivity contribution < 1.29 is 4.74 Å². The van der Waals surface area contributed by atoms with E-state index in [4.69, 9.17) is 4.74 Å². The Morgan fingerprint density at radius 2 is 2.12 bits per heavy atom. The Morgan fingerprint density at radius 3 is 2.62 bits per heavy atom. The molecule has 0 aromatic carbocycles. The summed E-state index contributed by atoms with van der Waals surface area (Å²) in [5.74, 6) is 0. The zero-order valence-electron chi connectivity index (χ0n) is 11.0. The maximum atomic E-state index is 6.05. The summed E-state index contributed by atoms with van der Waals surface area (Å²) in [5.41, 5.74) is 0.107. The molecule has 0 amide bonds. The Morgan fingerprint density at radius 1 is 1.38 bits per heavy atom. The van der Waals surface area contributed by atoms with E-state index in [0.29, 0.717) is 6.10 Å². The fourth-order valence-corrected chi connectivity index (χ4v) is 2.79. The molecule has 1 fully saturated rings. The number of ether oxygens (including phenoxy) is 1. The van der Waals surface area contributed by atoms with Gasteiger partial charge >= 0.3 is 0 Å². The Labute approximate surface area is 109 Å². The van der Waals surface area contributed by atoms with E-state index in [2.05, 4.69) is 41.6 Å². The molecular formula is C13H26BrNO. The normalized spacial score (nSPS) is 24.2. The molecule has 0 spiro atoms. The van der Waals surface area contributed by atoms with Gasteiger partial charge in [-0.3, -0.25) is 4.90 Å². The van der Waals surface area contributed by atoms with E-state index in [9.17, 15) is 0 Å². The summed E-state index contributed by atoms with van der Waals surface area (Å²) in [6.45, 7) is 10.1. The highest BCUT2D eigenvalue weighted by atomic mass is 79.9. The molecule has 0 aromatic rings. The van der Waals surface area contributed by atoms with Gasteiger partial charge < -0.3 is 4.74 Å². The van der Waals surface area contributed by atoms with Crippen molar-refractivity contribution in [1.29, 1.82) is 0 Å². The first-order valence-electron chi connectivity index (χ1n) is 6.53. The molecule has 0 aromatic heterocycles. The summed E-state index contributed by atoms with van der Waals surface area (Å²) < 4.78 is 6.05. The van der Waals surface area contributed by atoms with Gasteiger partial charge in [-0.15, -0.1) is 0 Å². The highest BCUT2D eigenvalue weighted by Gasteiger charge is 2.32. The summed E-state index contributed by atoms with van der Waals surface area (Å²) in [5, 5.41) is 1.06. The Balaban J connectivity index is 2.31. The summed E-state index contributed by atoms with van der Waals surface area (Å²) in [4.78, 5) is 2.53. The minimum absolute atomic E-state index is 0.107. The van der Waals surface area contributed by atoms with Crippen molar-refractivity contribution in [1.82, 2.24) is 4.90 Å². The van der Waals surface area contributed by atoms with E-state index >= 15 is 0 Å². The van der Waals surface area contributed by atoms with Gasteiger partial charge in [0.2, 0.25) is 0 Å². The van der Waals surface area contributed by atoms with Gasteiger partial charge in [0.1, 0.15) is 0 Å². The van der Waals surface area contributed by atoms with Gasteiger partial charge in [0.05, 0.1) is 11.7 Å². The maximum absolute atomic E-state index is 6.05. The van der Waals surface area contributed by atoms with Crippen molar-refractivity contribution in [2.24, 2.45) is 0 Å². The molecule has 0 N–H and O–H groups in total. The topological polar surface area (TPSA) is 12.5 Å². The third-order valence-electron chi connectivity index (χ3n) is 3.24. The lowest BCUT2D eigenvalue weighted by atomic mass is 10.1. The fraction of sp³-hybridized carbons (Fsp3) is 1.00. The van der Waals surface area contributed by atoms with E-state index in [1.54, 1.807) is 0 Å². The van der Waals surface area contributed by atoms with Crippen LogP contribution in [-0.2, 0) is 4.74 Å². The van der Waals surface area contributed by atoms with Gasteiger partial charge in [0, 0.05) is 18.4 Å². The first-order chi connectivity index (χ1) is 7.57. The molecule has 0 bridgehead atoms. The van der Waals surface area contributed by atoms with Gasteiger partial charge in [-0.05, 0) is 39.7 Å². The van der Waals surface area contributed by atoms with Crippen molar-refractivity contribution in [2.45, 2.75) is 58.2 Å². The fourth-order valence-electron chi connectivity index (χ4n) is 2.29. The van der Waals surface area contributed by atoms with Crippen molar-refractivity contribution in [2.75, 3.05) is 25.0 Å². The molecule has 1 aliphatic rings. The van der Waals surface area contributed by atoms with Crippen molar-refractivity contribution >= 4 is 15.9 Å². The molecule has 1 saturated heterocycles. The molecule has 16 heavy (non-hydrogen) atoms. The van der Waals surface area contributed by atoms with Crippen molar-refractivity contribution in [3.8, 4) is 0 Å². The van der Waals surface area contributed by atoms with Gasteiger partial charge in [0.25, 0.3) is 0 Å². The molecule has 0 radical (unpaired) electrons. The lowest BCUT2D eigenvalue weighted by Crippen LogP contribution is -2.35. The Kier molecular flexibility index (Phi) is 6.30. The number of hydrogen-bond acceptors (Lipinski definition) is 2. The zero-order chi connectivity index (χ0) is 12.0. The van der Waals surface area contributed by atoms with E-state index in [0.717, 1.165) is 18.4 Å². The second-order valence-corrected chi connectivity index (χ2v) is 6.17. The van der Waals surface area contributed by atoms with Gasteiger partial charge in [-0.1, -0.05) is 29.3 Å². The molecule has 1 unspecified atom stereocenters. The number of alkyl halides is 1. The third kappa shape index (κ3) is 5.15. The number of rotatable bonds is 7. The van der Waals surface area contributed by atoms with Crippen LogP contribution in [0.5, 0.6) is 0 Å². The summed E-state index contributed by atoms with van der Waals surface area (Å²) in [6, 6.07) is 0. The molecule has 1 rings (SSSR count). The highest BCUT2D eigenvalue weighted by molar-refractivity contribution is 9.09. The maximum Gasteiger partial charge on any atom is 0.0710 e. The summed E-state index contributed by atoms with van der Waals surface area (Å²) in [7, 11) is 0. The quantitative estimate of drug-likeness (QED) is 0.666. The van der Waals surface area contributed by atoms with Crippen LogP contribution < -0.4 is 0 Å². The van der Waals surface area contributed by atoms with E-state index in [1.807, 2.05) is 0 Å². The van der Waals surface area contributed by atoms with Crippen LogP contribution in [0.3, 0.4) is 0 Å². The molecule has 2 nitrogen and oxygen atoms in total. The standard InChI is InChI=1S/C13H26BrNO/c1-4-5-9-15(10-8-14)11-12-6-7-13(2,3)16-12/h12H,4-11H2,1-3H3. The average Bonchev–Trinajstić information content (AvgIpc) is 2.55.